The molecule has 0 aromatic heterocycles. The highest BCUT2D eigenvalue weighted by molar-refractivity contribution is 7.91. The van der Waals surface area contributed by atoms with E-state index in [-0.39, 0.29) is 0 Å². The highest BCUT2D eigenvalue weighted by Gasteiger charge is 2.31. The third-order valence-corrected chi connectivity index (χ3v) is 3.57. The summed E-state index contributed by atoms with van der Waals surface area (Å²) in [6.07, 6.45) is -6.05. The summed E-state index contributed by atoms with van der Waals surface area (Å²) in [4.78, 5) is -0.695. The third-order valence-electron chi connectivity index (χ3n) is 1.83. The van der Waals surface area contributed by atoms with E-state index in [0.29, 0.717) is 0 Å². The van der Waals surface area contributed by atoms with Crippen molar-refractivity contribution in [2.75, 3.05) is 5.75 Å². The first kappa shape index (κ1) is 13.0. The first-order chi connectivity index (χ1) is 7.22. The predicted molar refractivity (Wildman–Crippen MR) is 49.1 cm³/mol. The van der Waals surface area contributed by atoms with Crippen LogP contribution in [0.2, 0.25) is 0 Å². The maximum Gasteiger partial charge on any atom is 0.390 e. The van der Waals surface area contributed by atoms with Gasteiger partial charge in [-0.2, -0.15) is 13.2 Å². The van der Waals surface area contributed by atoms with Crippen molar-refractivity contribution in [3.63, 3.8) is 0 Å². The maximum absolute atomic E-state index is 13.0. The van der Waals surface area contributed by atoms with Gasteiger partial charge in [-0.1, -0.05) is 12.1 Å². The van der Waals surface area contributed by atoms with E-state index in [1.54, 1.807) is 0 Å². The van der Waals surface area contributed by atoms with E-state index < -0.39 is 38.9 Å². The number of alkyl halides is 3. The maximum atomic E-state index is 13.0. The van der Waals surface area contributed by atoms with Gasteiger partial charge in [0.25, 0.3) is 0 Å². The van der Waals surface area contributed by atoms with E-state index in [1.165, 1.54) is 12.1 Å². The second-order valence-electron chi connectivity index (χ2n) is 3.11. The van der Waals surface area contributed by atoms with Crippen molar-refractivity contribution in [2.24, 2.45) is 0 Å². The van der Waals surface area contributed by atoms with Gasteiger partial charge in [-0.25, -0.2) is 12.8 Å². The molecule has 0 aliphatic rings. The molecule has 0 unspecified atom stereocenters. The standard InChI is InChI=1S/C9H8F4O2S/c10-7-3-1-2-4-8(7)16(14,15)6-5-9(11,12)13/h1-4H,5-6H2. The SMILES string of the molecule is O=S(=O)(CCC(F)(F)F)c1ccccc1F. The van der Waals surface area contributed by atoms with Gasteiger partial charge in [0.05, 0.1) is 12.2 Å². The van der Waals surface area contributed by atoms with E-state index in [4.69, 9.17) is 0 Å². The minimum atomic E-state index is -4.57. The molecular formula is C9H8F4O2S. The van der Waals surface area contributed by atoms with Crippen molar-refractivity contribution in [2.45, 2.75) is 17.5 Å². The first-order valence-electron chi connectivity index (χ1n) is 4.26. The second-order valence-corrected chi connectivity index (χ2v) is 5.19. The fraction of sp³-hybridized carbons (Fsp3) is 0.333. The molecule has 0 N–H and O–H groups in total. The lowest BCUT2D eigenvalue weighted by atomic mass is 10.3. The summed E-state index contributed by atoms with van der Waals surface area (Å²) in [6.45, 7) is 0. The molecule has 16 heavy (non-hydrogen) atoms. The lowest BCUT2D eigenvalue weighted by Gasteiger charge is -2.07. The van der Waals surface area contributed by atoms with Gasteiger partial charge in [0, 0.05) is 0 Å². The van der Waals surface area contributed by atoms with Crippen molar-refractivity contribution in [1.29, 1.82) is 0 Å². The smallest absolute Gasteiger partial charge is 0.224 e. The average molecular weight is 256 g/mol. The van der Waals surface area contributed by atoms with Crippen molar-refractivity contribution in [1.82, 2.24) is 0 Å². The molecule has 1 aromatic carbocycles. The Kier molecular flexibility index (Phi) is 3.57. The fourth-order valence-corrected chi connectivity index (χ4v) is 2.43. The molecule has 0 fully saturated rings. The molecule has 0 saturated heterocycles. The predicted octanol–water partition coefficient (Wildman–Crippen LogP) is 2.55. The van der Waals surface area contributed by atoms with Crippen molar-refractivity contribution >= 4 is 9.84 Å². The highest BCUT2D eigenvalue weighted by atomic mass is 32.2. The number of benzene rings is 1. The Morgan fingerprint density at radius 1 is 1.12 bits per heavy atom. The molecule has 0 aliphatic heterocycles. The van der Waals surface area contributed by atoms with Crippen molar-refractivity contribution < 1.29 is 26.0 Å². The summed E-state index contributed by atoms with van der Waals surface area (Å²) < 4.78 is 71.3. The van der Waals surface area contributed by atoms with Gasteiger partial charge >= 0.3 is 6.18 Å². The molecule has 0 amide bonds. The molecule has 7 heteroatoms. The Labute approximate surface area is 89.8 Å². The fourth-order valence-electron chi connectivity index (χ4n) is 1.06. The number of halogens is 4. The van der Waals surface area contributed by atoms with E-state index in [0.717, 1.165) is 12.1 Å². The molecule has 0 atom stereocenters. The van der Waals surface area contributed by atoms with Crippen LogP contribution in [-0.2, 0) is 9.84 Å². The molecule has 0 spiro atoms. The number of hydrogen-bond acceptors (Lipinski definition) is 2. The first-order valence-corrected chi connectivity index (χ1v) is 5.92. The molecule has 0 heterocycles. The van der Waals surface area contributed by atoms with Crippen LogP contribution in [0.3, 0.4) is 0 Å². The highest BCUT2D eigenvalue weighted by Crippen LogP contribution is 2.23. The Bertz CT molecular complexity index is 465. The van der Waals surface area contributed by atoms with Crippen molar-refractivity contribution in [3.05, 3.63) is 30.1 Å². The molecule has 0 aliphatic carbocycles. The summed E-state index contributed by atoms with van der Waals surface area (Å²) in [5.41, 5.74) is 0. The zero-order valence-electron chi connectivity index (χ0n) is 7.96. The van der Waals surface area contributed by atoms with Gasteiger partial charge in [-0.05, 0) is 12.1 Å². The molecule has 1 aromatic rings. The van der Waals surface area contributed by atoms with Crippen LogP contribution in [0.1, 0.15) is 6.42 Å². The van der Waals surface area contributed by atoms with Crippen LogP contribution in [0.5, 0.6) is 0 Å². The minimum Gasteiger partial charge on any atom is -0.224 e. The van der Waals surface area contributed by atoms with Crippen LogP contribution in [-0.4, -0.2) is 20.3 Å². The molecule has 2 nitrogen and oxygen atoms in total. The largest absolute Gasteiger partial charge is 0.390 e. The minimum absolute atomic E-state index is 0.695. The lowest BCUT2D eigenvalue weighted by Crippen LogP contribution is -2.17. The number of hydrogen-bond donors (Lipinski definition) is 0. The summed E-state index contributed by atoms with van der Waals surface area (Å²) >= 11 is 0. The Morgan fingerprint density at radius 3 is 2.19 bits per heavy atom. The van der Waals surface area contributed by atoms with E-state index >= 15 is 0 Å². The summed E-state index contributed by atoms with van der Waals surface area (Å²) in [6, 6.07) is 4.35. The molecule has 0 saturated carbocycles. The van der Waals surface area contributed by atoms with E-state index in [1.807, 2.05) is 0 Å². The van der Waals surface area contributed by atoms with Gasteiger partial charge in [0.2, 0.25) is 0 Å². The van der Waals surface area contributed by atoms with Crippen LogP contribution < -0.4 is 0 Å². The Balaban J connectivity index is 2.92. The van der Waals surface area contributed by atoms with Gasteiger partial charge in [0.1, 0.15) is 10.7 Å². The Hall–Kier alpha value is -1.11. The molecule has 0 radical (unpaired) electrons. The van der Waals surface area contributed by atoms with Crippen LogP contribution in [0.4, 0.5) is 17.6 Å². The molecule has 1 rings (SSSR count). The third kappa shape index (κ3) is 3.48. The van der Waals surface area contributed by atoms with Crippen LogP contribution in [0.15, 0.2) is 29.2 Å². The number of sulfone groups is 1. The quantitative estimate of drug-likeness (QED) is 0.779. The van der Waals surface area contributed by atoms with Gasteiger partial charge in [0.15, 0.2) is 9.84 Å². The van der Waals surface area contributed by atoms with Gasteiger partial charge in [-0.15, -0.1) is 0 Å². The monoisotopic (exact) mass is 256 g/mol. The second kappa shape index (κ2) is 4.40. The van der Waals surface area contributed by atoms with Crippen LogP contribution in [0.25, 0.3) is 0 Å². The molecule has 0 bridgehead atoms. The van der Waals surface area contributed by atoms with Crippen LogP contribution >= 0.6 is 0 Å². The van der Waals surface area contributed by atoms with E-state index in [9.17, 15) is 26.0 Å². The van der Waals surface area contributed by atoms with Gasteiger partial charge < -0.3 is 0 Å². The summed E-state index contributed by atoms with van der Waals surface area (Å²) in [7, 11) is -4.22. The molecule has 90 valence electrons. The normalized spacial score (nSPS) is 12.8. The summed E-state index contributed by atoms with van der Waals surface area (Å²) in [5, 5.41) is 0. The van der Waals surface area contributed by atoms with E-state index in [2.05, 4.69) is 0 Å². The number of rotatable bonds is 3. The van der Waals surface area contributed by atoms with Crippen LogP contribution in [0, 0.1) is 5.82 Å². The Morgan fingerprint density at radius 2 is 1.69 bits per heavy atom. The molecular weight excluding hydrogens is 248 g/mol. The van der Waals surface area contributed by atoms with Crippen molar-refractivity contribution in [3.8, 4) is 0 Å². The average Bonchev–Trinajstić information content (AvgIpc) is 2.14. The van der Waals surface area contributed by atoms with Gasteiger partial charge in [-0.3, -0.25) is 0 Å². The lowest BCUT2D eigenvalue weighted by molar-refractivity contribution is -0.129. The zero-order chi connectivity index (χ0) is 12.4. The summed E-state index contributed by atoms with van der Waals surface area (Å²) in [5.74, 6) is -2.18. The zero-order valence-corrected chi connectivity index (χ0v) is 8.78. The topological polar surface area (TPSA) is 34.1 Å².